The van der Waals surface area contributed by atoms with E-state index in [-0.39, 0.29) is 5.56 Å². The number of halogens is 2. The number of aryl methyl sites for hydroxylation is 1. The number of carbonyl (C=O) groups excluding carboxylic acids is 1. The number of nitriles is 1. The molecule has 0 heterocycles. The number of alkyl halides is 2. The summed E-state index contributed by atoms with van der Waals surface area (Å²) in [7, 11) is 2.12. The molecule has 0 saturated carbocycles. The monoisotopic (exact) mass is 487 g/mol. The number of nitrogens with zero attached hydrogens (tertiary/aromatic N) is 3. The molecule has 0 radical (unpaired) electrons. The number of hydrogen-bond acceptors (Lipinski definition) is 4. The maximum absolute atomic E-state index is 12.7. The first-order valence-corrected chi connectivity index (χ1v) is 12.5. The number of likely N-dealkylation sites (N-methyl/N-ethyl adjacent to an activating group) is 1. The highest BCUT2D eigenvalue weighted by Crippen LogP contribution is 2.26. The largest absolute Gasteiger partial charge is 0.305 e. The Morgan fingerprint density at radius 3 is 2.14 bits per heavy atom. The fourth-order valence-corrected chi connectivity index (χ4v) is 3.34. The second-order valence-electron chi connectivity index (χ2n) is 8.29. The summed E-state index contributed by atoms with van der Waals surface area (Å²) in [5.41, 5.74) is 2.98. The fourth-order valence-electron chi connectivity index (χ4n) is 3.34. The summed E-state index contributed by atoms with van der Waals surface area (Å²) in [4.78, 5) is 15.2. The van der Waals surface area contributed by atoms with Crippen LogP contribution in [0.1, 0.15) is 69.7 Å². The van der Waals surface area contributed by atoms with Crippen molar-refractivity contribution in [3.8, 4) is 6.07 Å². The summed E-state index contributed by atoms with van der Waals surface area (Å²) in [6, 6.07) is 16.3. The number of rotatable bonds is 12. The van der Waals surface area contributed by atoms with Crippen LogP contribution in [0.25, 0.3) is 0 Å². The second kappa shape index (κ2) is 18.7. The molecule has 0 bridgehead atoms. The van der Waals surface area contributed by atoms with Gasteiger partial charge >= 0.3 is 0 Å². The molecule has 0 unspecified atom stereocenters. The molecule has 6 heteroatoms. The maximum Gasteiger partial charge on any atom is 0.270 e. The van der Waals surface area contributed by atoms with Crippen molar-refractivity contribution in [2.45, 2.75) is 66.3 Å². The topological polar surface area (TPSA) is 47.3 Å². The quantitative estimate of drug-likeness (QED) is 0.313. The van der Waals surface area contributed by atoms with Gasteiger partial charge in [0.2, 0.25) is 0 Å². The van der Waals surface area contributed by atoms with Gasteiger partial charge < -0.3 is 9.69 Å². The molecule has 0 saturated heterocycles. The molecule has 35 heavy (non-hydrogen) atoms. The zero-order valence-corrected chi connectivity index (χ0v) is 22.4. The molecule has 194 valence electrons. The van der Waals surface area contributed by atoms with Gasteiger partial charge in [0.25, 0.3) is 5.92 Å². The number of aldehydes is 1. The lowest BCUT2D eigenvalue weighted by atomic mass is 10.1. The third kappa shape index (κ3) is 14.4. The molecule has 0 atom stereocenters. The zero-order chi connectivity index (χ0) is 26.7. The standard InChI is InChI=1S/C17H25N3O.C10H12F2.C2H6/c1-3-8-19(2)10-11-20(9-5-12-21)15-17-7-4-6-16(13-17)14-18;1-3-8-4-6-9(7-5-8)10(2,11)12;1-2/h4,6-7,12-13H,3,5,8-11,15H2,1-2H3;4-7H,3H2,1-2H3;1-2H3. The lowest BCUT2D eigenvalue weighted by Gasteiger charge is -2.25. The lowest BCUT2D eigenvalue weighted by molar-refractivity contribution is -0.108. The molecule has 0 aliphatic heterocycles. The van der Waals surface area contributed by atoms with Crippen LogP contribution < -0.4 is 0 Å². The molecule has 0 aliphatic carbocycles. The number of carbonyl (C=O) groups is 1. The zero-order valence-electron chi connectivity index (χ0n) is 22.4. The molecule has 2 aromatic carbocycles. The summed E-state index contributed by atoms with van der Waals surface area (Å²) >= 11 is 0. The normalized spacial score (nSPS) is 10.7. The minimum absolute atomic E-state index is 0.0831. The summed E-state index contributed by atoms with van der Waals surface area (Å²) in [5, 5.41) is 8.96. The van der Waals surface area contributed by atoms with E-state index in [1.807, 2.05) is 45.0 Å². The highest BCUT2D eigenvalue weighted by molar-refractivity contribution is 5.49. The Bertz CT molecular complexity index is 857. The van der Waals surface area contributed by atoms with Crippen molar-refractivity contribution in [2.75, 3.05) is 33.2 Å². The van der Waals surface area contributed by atoms with Gasteiger partial charge in [-0.15, -0.1) is 0 Å². The van der Waals surface area contributed by atoms with E-state index in [1.165, 1.54) is 12.1 Å². The van der Waals surface area contributed by atoms with Crippen LogP contribution in [0.2, 0.25) is 0 Å². The summed E-state index contributed by atoms with van der Waals surface area (Å²) in [6.45, 7) is 13.6. The van der Waals surface area contributed by atoms with E-state index in [1.54, 1.807) is 12.1 Å². The third-order valence-corrected chi connectivity index (χ3v) is 5.30. The van der Waals surface area contributed by atoms with E-state index in [2.05, 4.69) is 29.8 Å². The molecule has 2 aromatic rings. The minimum atomic E-state index is -2.72. The van der Waals surface area contributed by atoms with Crippen molar-refractivity contribution in [3.05, 3.63) is 70.8 Å². The van der Waals surface area contributed by atoms with Crippen molar-refractivity contribution in [2.24, 2.45) is 0 Å². The Labute approximate surface area is 211 Å². The predicted molar refractivity (Wildman–Crippen MR) is 142 cm³/mol. The van der Waals surface area contributed by atoms with Crippen LogP contribution in [0.4, 0.5) is 8.78 Å². The summed E-state index contributed by atoms with van der Waals surface area (Å²) in [5.74, 6) is -2.72. The molecular weight excluding hydrogens is 444 g/mol. The predicted octanol–water partition coefficient (Wildman–Crippen LogP) is 6.68. The summed E-state index contributed by atoms with van der Waals surface area (Å²) < 4.78 is 25.4. The van der Waals surface area contributed by atoms with Crippen LogP contribution in [-0.2, 0) is 23.7 Å². The van der Waals surface area contributed by atoms with Gasteiger partial charge in [0.05, 0.1) is 11.6 Å². The van der Waals surface area contributed by atoms with E-state index in [0.29, 0.717) is 12.0 Å². The van der Waals surface area contributed by atoms with E-state index in [0.717, 1.165) is 69.9 Å². The molecule has 0 fully saturated rings. The first kappa shape index (κ1) is 32.4. The third-order valence-electron chi connectivity index (χ3n) is 5.30. The van der Waals surface area contributed by atoms with E-state index < -0.39 is 5.92 Å². The first-order valence-electron chi connectivity index (χ1n) is 12.5. The Morgan fingerprint density at radius 1 is 0.971 bits per heavy atom. The van der Waals surface area contributed by atoms with Gasteiger partial charge in [0.1, 0.15) is 6.29 Å². The molecule has 0 aliphatic rings. The Hall–Kier alpha value is -2.62. The summed E-state index contributed by atoms with van der Waals surface area (Å²) in [6.07, 6.45) is 3.55. The number of hydrogen-bond donors (Lipinski definition) is 0. The van der Waals surface area contributed by atoms with Crippen molar-refractivity contribution < 1.29 is 13.6 Å². The van der Waals surface area contributed by atoms with Crippen molar-refractivity contribution in [1.29, 1.82) is 5.26 Å². The van der Waals surface area contributed by atoms with Gasteiger partial charge in [-0.05, 0) is 49.7 Å². The van der Waals surface area contributed by atoms with Crippen LogP contribution in [0.15, 0.2) is 48.5 Å². The minimum Gasteiger partial charge on any atom is -0.305 e. The molecule has 0 spiro atoms. The van der Waals surface area contributed by atoms with E-state index >= 15 is 0 Å². The molecule has 0 aromatic heterocycles. The average Bonchev–Trinajstić information content (AvgIpc) is 2.87. The van der Waals surface area contributed by atoms with Crippen LogP contribution in [0, 0.1) is 11.3 Å². The molecular formula is C29H43F2N3O. The molecule has 4 nitrogen and oxygen atoms in total. The average molecular weight is 488 g/mol. The van der Waals surface area contributed by atoms with Crippen LogP contribution >= 0.6 is 0 Å². The maximum atomic E-state index is 12.7. The second-order valence-corrected chi connectivity index (χ2v) is 8.29. The van der Waals surface area contributed by atoms with Gasteiger partial charge in [-0.1, -0.05) is 64.1 Å². The Morgan fingerprint density at radius 2 is 1.63 bits per heavy atom. The van der Waals surface area contributed by atoms with E-state index in [9.17, 15) is 13.6 Å². The first-order chi connectivity index (χ1) is 16.7. The van der Waals surface area contributed by atoms with Crippen molar-refractivity contribution >= 4 is 6.29 Å². The molecule has 0 N–H and O–H groups in total. The fraction of sp³-hybridized carbons (Fsp3) is 0.517. The van der Waals surface area contributed by atoms with Crippen LogP contribution in [0.5, 0.6) is 0 Å². The lowest BCUT2D eigenvalue weighted by Crippen LogP contribution is -2.34. The smallest absolute Gasteiger partial charge is 0.270 e. The van der Waals surface area contributed by atoms with Crippen LogP contribution in [0.3, 0.4) is 0 Å². The van der Waals surface area contributed by atoms with Gasteiger partial charge in [-0.3, -0.25) is 4.90 Å². The van der Waals surface area contributed by atoms with Gasteiger partial charge in [-0.25, -0.2) is 8.78 Å². The van der Waals surface area contributed by atoms with Crippen molar-refractivity contribution in [1.82, 2.24) is 9.80 Å². The number of benzene rings is 2. The van der Waals surface area contributed by atoms with Gasteiger partial charge in [-0.2, -0.15) is 5.26 Å². The van der Waals surface area contributed by atoms with Crippen molar-refractivity contribution in [3.63, 3.8) is 0 Å². The molecule has 0 amide bonds. The Kier molecular flexibility index (Phi) is 17.3. The Balaban J connectivity index is 0.000000698. The highest BCUT2D eigenvalue weighted by Gasteiger charge is 2.23. The van der Waals surface area contributed by atoms with Gasteiger partial charge in [0.15, 0.2) is 0 Å². The van der Waals surface area contributed by atoms with Crippen LogP contribution in [-0.4, -0.2) is 49.3 Å². The molecule has 2 rings (SSSR count). The SMILES string of the molecule is CC.CCCN(C)CCN(CCC=O)Cc1cccc(C#N)c1.CCc1ccc(C(C)(F)F)cc1. The van der Waals surface area contributed by atoms with E-state index in [4.69, 9.17) is 5.26 Å². The highest BCUT2D eigenvalue weighted by atomic mass is 19.3. The van der Waals surface area contributed by atoms with Gasteiger partial charge in [0, 0.05) is 45.1 Å².